The zero-order valence-electron chi connectivity index (χ0n) is 13.3. The summed E-state index contributed by atoms with van der Waals surface area (Å²) < 4.78 is 0. The maximum Gasteiger partial charge on any atom is 0.191 e. The van der Waals surface area contributed by atoms with Crippen LogP contribution in [0, 0.1) is 6.92 Å². The maximum atomic E-state index is 5.37. The van der Waals surface area contributed by atoms with E-state index in [9.17, 15) is 0 Å². The van der Waals surface area contributed by atoms with E-state index in [1.807, 2.05) is 18.2 Å². The van der Waals surface area contributed by atoms with Gasteiger partial charge in [0.15, 0.2) is 5.11 Å². The Hall–Kier alpha value is -2.20. The van der Waals surface area contributed by atoms with Gasteiger partial charge in [-0.3, -0.25) is 5.43 Å². The maximum absolute atomic E-state index is 5.37. The van der Waals surface area contributed by atoms with Gasteiger partial charge in [0.25, 0.3) is 0 Å². The van der Waals surface area contributed by atoms with E-state index in [0.29, 0.717) is 5.11 Å². The molecule has 1 aliphatic carbocycles. The molecule has 0 aromatic heterocycles. The molecule has 2 aromatic carbocycles. The first-order chi connectivity index (χ1) is 11.2. The molecule has 3 rings (SSSR count). The fourth-order valence-corrected chi connectivity index (χ4v) is 3.02. The van der Waals surface area contributed by atoms with Gasteiger partial charge in [-0.05, 0) is 62.0 Å². The second-order valence-corrected chi connectivity index (χ2v) is 6.21. The fraction of sp³-hybridized carbons (Fsp3) is 0.263. The van der Waals surface area contributed by atoms with Crippen LogP contribution in [0.15, 0.2) is 53.6 Å². The molecule has 4 heteroatoms. The highest BCUT2D eigenvalue weighted by Gasteiger charge is 2.13. The monoisotopic (exact) mass is 323 g/mol. The van der Waals surface area contributed by atoms with Crippen LogP contribution in [-0.2, 0) is 6.42 Å². The summed E-state index contributed by atoms with van der Waals surface area (Å²) in [5.74, 6) is 0. The van der Waals surface area contributed by atoms with Gasteiger partial charge in [-0.15, -0.1) is 0 Å². The highest BCUT2D eigenvalue weighted by molar-refractivity contribution is 7.80. The summed E-state index contributed by atoms with van der Waals surface area (Å²) in [6, 6.07) is 16.6. The van der Waals surface area contributed by atoms with Gasteiger partial charge in [-0.2, -0.15) is 5.10 Å². The van der Waals surface area contributed by atoms with Crippen molar-refractivity contribution in [3.8, 4) is 0 Å². The highest BCUT2D eigenvalue weighted by atomic mass is 32.1. The SMILES string of the molecule is Cc1ccccc1NC(=S)N/N=C1\CCCCc2ccccc21. The number of nitrogens with zero attached hydrogens (tertiary/aromatic N) is 1. The predicted octanol–water partition coefficient (Wildman–Crippen LogP) is 4.41. The van der Waals surface area contributed by atoms with E-state index >= 15 is 0 Å². The summed E-state index contributed by atoms with van der Waals surface area (Å²) >= 11 is 5.37. The molecule has 1 aliphatic rings. The quantitative estimate of drug-likeness (QED) is 0.488. The van der Waals surface area contributed by atoms with E-state index < -0.39 is 0 Å². The van der Waals surface area contributed by atoms with Crippen LogP contribution in [0.4, 0.5) is 5.69 Å². The Bertz CT molecular complexity index is 737. The van der Waals surface area contributed by atoms with E-state index in [1.165, 1.54) is 17.5 Å². The van der Waals surface area contributed by atoms with Gasteiger partial charge in [0.2, 0.25) is 0 Å². The second-order valence-electron chi connectivity index (χ2n) is 5.80. The van der Waals surface area contributed by atoms with Gasteiger partial charge in [0.1, 0.15) is 0 Å². The van der Waals surface area contributed by atoms with Crippen LogP contribution < -0.4 is 10.7 Å². The molecule has 118 valence electrons. The van der Waals surface area contributed by atoms with Crippen molar-refractivity contribution in [2.24, 2.45) is 5.10 Å². The Morgan fingerprint density at radius 1 is 1.00 bits per heavy atom. The third kappa shape index (κ3) is 3.96. The molecule has 0 atom stereocenters. The largest absolute Gasteiger partial charge is 0.331 e. The Morgan fingerprint density at radius 3 is 2.61 bits per heavy atom. The van der Waals surface area contributed by atoms with Crippen molar-refractivity contribution in [2.45, 2.75) is 32.6 Å². The summed E-state index contributed by atoms with van der Waals surface area (Å²) in [7, 11) is 0. The fourth-order valence-electron chi connectivity index (χ4n) is 2.86. The Morgan fingerprint density at radius 2 is 1.74 bits per heavy atom. The minimum atomic E-state index is 0.522. The summed E-state index contributed by atoms with van der Waals surface area (Å²) in [5, 5.41) is 8.30. The molecule has 2 N–H and O–H groups in total. The van der Waals surface area contributed by atoms with E-state index in [4.69, 9.17) is 12.2 Å². The molecule has 0 spiro atoms. The molecule has 0 bridgehead atoms. The zero-order chi connectivity index (χ0) is 16.1. The van der Waals surface area contributed by atoms with Gasteiger partial charge in [0, 0.05) is 11.3 Å². The molecular weight excluding hydrogens is 302 g/mol. The average molecular weight is 323 g/mol. The number of para-hydroxylation sites is 1. The highest BCUT2D eigenvalue weighted by Crippen LogP contribution is 2.20. The van der Waals surface area contributed by atoms with E-state index in [1.54, 1.807) is 0 Å². The van der Waals surface area contributed by atoms with Crippen LogP contribution in [-0.4, -0.2) is 10.8 Å². The first-order valence-electron chi connectivity index (χ1n) is 8.01. The molecule has 0 amide bonds. The topological polar surface area (TPSA) is 36.4 Å². The van der Waals surface area contributed by atoms with Crippen LogP contribution in [0.1, 0.15) is 36.0 Å². The summed E-state index contributed by atoms with van der Waals surface area (Å²) in [6.45, 7) is 2.05. The number of thiocarbonyl (C=S) groups is 1. The summed E-state index contributed by atoms with van der Waals surface area (Å²) in [4.78, 5) is 0. The lowest BCUT2D eigenvalue weighted by Crippen LogP contribution is -2.25. The molecule has 0 radical (unpaired) electrons. The summed E-state index contributed by atoms with van der Waals surface area (Å²) in [6.07, 6.45) is 4.48. The number of hydrogen-bond acceptors (Lipinski definition) is 2. The molecule has 0 unspecified atom stereocenters. The third-order valence-electron chi connectivity index (χ3n) is 4.12. The molecule has 3 nitrogen and oxygen atoms in total. The minimum Gasteiger partial charge on any atom is -0.331 e. The van der Waals surface area contributed by atoms with Crippen LogP contribution in [0.5, 0.6) is 0 Å². The molecule has 0 heterocycles. The smallest absolute Gasteiger partial charge is 0.191 e. The van der Waals surface area contributed by atoms with Crippen molar-refractivity contribution in [2.75, 3.05) is 5.32 Å². The molecule has 0 saturated heterocycles. The number of rotatable bonds is 2. The van der Waals surface area contributed by atoms with Gasteiger partial charge in [-0.1, -0.05) is 42.5 Å². The van der Waals surface area contributed by atoms with Crippen molar-refractivity contribution in [1.29, 1.82) is 0 Å². The average Bonchev–Trinajstić information content (AvgIpc) is 2.77. The van der Waals surface area contributed by atoms with Crippen molar-refractivity contribution in [3.05, 3.63) is 65.2 Å². The molecule has 0 saturated carbocycles. The normalized spacial score (nSPS) is 15.6. The number of nitrogens with one attached hydrogen (secondary N) is 2. The van der Waals surface area contributed by atoms with E-state index in [0.717, 1.165) is 36.2 Å². The molecular formula is C19H21N3S. The van der Waals surface area contributed by atoms with Crippen molar-refractivity contribution in [3.63, 3.8) is 0 Å². The predicted molar refractivity (Wildman–Crippen MR) is 101 cm³/mol. The zero-order valence-corrected chi connectivity index (χ0v) is 14.1. The minimum absolute atomic E-state index is 0.522. The number of benzene rings is 2. The number of anilines is 1. The van der Waals surface area contributed by atoms with Crippen LogP contribution in [0.2, 0.25) is 0 Å². The Kier molecular flexibility index (Phi) is 5.03. The van der Waals surface area contributed by atoms with Gasteiger partial charge in [0.05, 0.1) is 5.71 Å². The third-order valence-corrected chi connectivity index (χ3v) is 4.32. The standard InChI is InChI=1S/C19H21N3S/c1-14-8-2-6-12-17(14)20-19(23)22-21-18-13-7-4-10-15-9-3-5-11-16(15)18/h2-3,5-6,8-9,11-12H,4,7,10,13H2,1H3,(H2,20,22,23)/b21-18+. The number of aryl methyl sites for hydroxylation is 2. The van der Waals surface area contributed by atoms with E-state index in [-0.39, 0.29) is 0 Å². The van der Waals surface area contributed by atoms with E-state index in [2.05, 4.69) is 53.1 Å². The van der Waals surface area contributed by atoms with Gasteiger partial charge in [-0.25, -0.2) is 0 Å². The Labute approximate surface area is 142 Å². The van der Waals surface area contributed by atoms with Crippen molar-refractivity contribution < 1.29 is 0 Å². The molecule has 0 fully saturated rings. The number of fused-ring (bicyclic) bond motifs is 1. The first-order valence-corrected chi connectivity index (χ1v) is 8.42. The Balaban J connectivity index is 1.72. The van der Waals surface area contributed by atoms with Crippen molar-refractivity contribution in [1.82, 2.24) is 5.43 Å². The second kappa shape index (κ2) is 7.38. The van der Waals surface area contributed by atoms with Crippen LogP contribution in [0.25, 0.3) is 0 Å². The lowest BCUT2D eigenvalue weighted by molar-refractivity contribution is 0.774. The van der Waals surface area contributed by atoms with Gasteiger partial charge < -0.3 is 5.32 Å². The molecule has 0 aliphatic heterocycles. The van der Waals surface area contributed by atoms with Gasteiger partial charge >= 0.3 is 0 Å². The molecule has 23 heavy (non-hydrogen) atoms. The lowest BCUT2D eigenvalue weighted by atomic mass is 10.0. The van der Waals surface area contributed by atoms with Crippen molar-refractivity contribution >= 4 is 28.7 Å². The number of hydrogen-bond donors (Lipinski definition) is 2. The van der Waals surface area contributed by atoms with Crippen LogP contribution >= 0.6 is 12.2 Å². The number of hydrazone groups is 1. The molecule has 2 aromatic rings. The first kappa shape index (κ1) is 15.7. The summed E-state index contributed by atoms with van der Waals surface area (Å²) in [5.41, 5.74) is 8.88. The lowest BCUT2D eigenvalue weighted by Gasteiger charge is -2.11. The van der Waals surface area contributed by atoms with Crippen LogP contribution in [0.3, 0.4) is 0 Å².